The van der Waals surface area contributed by atoms with Crippen LogP contribution in [-0.2, 0) is 10.3 Å². The van der Waals surface area contributed by atoms with Crippen LogP contribution in [0.2, 0.25) is 0 Å². The average Bonchev–Trinajstić information content (AvgIpc) is 3.21. The number of rotatable bonds is 11. The fourth-order valence-corrected chi connectivity index (χ4v) is 6.76. The zero-order valence-electron chi connectivity index (χ0n) is 25.3. The summed E-state index contributed by atoms with van der Waals surface area (Å²) in [5.41, 5.74) is 4.78. The maximum atomic E-state index is 13.5. The molecule has 39 heavy (non-hydrogen) atoms. The van der Waals surface area contributed by atoms with Crippen molar-refractivity contribution in [1.82, 2.24) is 0 Å². The highest BCUT2D eigenvalue weighted by Gasteiger charge is 2.55. The lowest BCUT2D eigenvalue weighted by molar-refractivity contribution is 0.0207. The van der Waals surface area contributed by atoms with E-state index in [1.165, 1.54) is 5.57 Å². The molecule has 4 heteroatoms. The van der Waals surface area contributed by atoms with Gasteiger partial charge in [0, 0.05) is 41.5 Å². The minimum Gasteiger partial charge on any atom is -0.461 e. The Balaban J connectivity index is 2.01. The van der Waals surface area contributed by atoms with Crippen molar-refractivity contribution in [2.45, 2.75) is 86.7 Å². The van der Waals surface area contributed by atoms with Gasteiger partial charge in [-0.3, -0.25) is 0 Å². The molecule has 0 amide bonds. The van der Waals surface area contributed by atoms with Crippen LogP contribution >= 0.6 is 0 Å². The summed E-state index contributed by atoms with van der Waals surface area (Å²) in [6.45, 7) is 19.6. The Bertz CT molecular complexity index is 1250. The summed E-state index contributed by atoms with van der Waals surface area (Å²) in [6, 6.07) is 14.3. The van der Waals surface area contributed by atoms with Gasteiger partial charge in [-0.25, -0.2) is 4.79 Å². The molecule has 0 aromatic heterocycles. The van der Waals surface area contributed by atoms with Crippen molar-refractivity contribution < 1.29 is 14.3 Å². The summed E-state index contributed by atoms with van der Waals surface area (Å²) in [4.78, 5) is 15.8. The number of anilines is 1. The van der Waals surface area contributed by atoms with Gasteiger partial charge in [0.2, 0.25) is 0 Å². The molecule has 2 aliphatic heterocycles. The van der Waals surface area contributed by atoms with Gasteiger partial charge in [-0.05, 0) is 75.1 Å². The molecule has 0 radical (unpaired) electrons. The molecular weight excluding hydrogens is 482 g/mol. The van der Waals surface area contributed by atoms with Gasteiger partial charge in [0.25, 0.3) is 0 Å². The molecule has 210 valence electrons. The molecule has 4 rings (SSSR count). The number of allylic oxidation sites excluding steroid dienone is 2. The number of hydrogen-bond acceptors (Lipinski definition) is 4. The van der Waals surface area contributed by atoms with Crippen LogP contribution in [0.5, 0.6) is 5.75 Å². The molecule has 0 aliphatic carbocycles. The number of ether oxygens (including phenoxy) is 2. The van der Waals surface area contributed by atoms with E-state index in [2.05, 4.69) is 83.7 Å². The quantitative estimate of drug-likeness (QED) is 0.272. The number of carbonyl (C=O) groups excluding carboxylic acids is 1. The minimum absolute atomic E-state index is 0.271. The summed E-state index contributed by atoms with van der Waals surface area (Å²) in [6.07, 6.45) is 6.75. The topological polar surface area (TPSA) is 38.8 Å². The molecule has 0 saturated carbocycles. The largest absolute Gasteiger partial charge is 0.461 e. The number of carbonyl (C=O) groups is 1. The Kier molecular flexibility index (Phi) is 8.93. The van der Waals surface area contributed by atoms with Crippen molar-refractivity contribution in [3.63, 3.8) is 0 Å². The molecule has 2 aliphatic rings. The summed E-state index contributed by atoms with van der Waals surface area (Å²) in [7, 11) is 0. The van der Waals surface area contributed by atoms with E-state index in [0.717, 1.165) is 72.7 Å². The molecule has 0 bridgehead atoms. The Hall–Kier alpha value is -3.01. The first-order chi connectivity index (χ1) is 18.7. The van der Waals surface area contributed by atoms with Crippen molar-refractivity contribution in [2.75, 3.05) is 18.0 Å². The first-order valence-electron chi connectivity index (χ1n) is 15.1. The molecule has 2 atom stereocenters. The van der Waals surface area contributed by atoms with E-state index in [0.29, 0.717) is 23.3 Å². The van der Waals surface area contributed by atoms with Crippen molar-refractivity contribution in [1.29, 1.82) is 0 Å². The van der Waals surface area contributed by atoms with Gasteiger partial charge in [-0.15, -0.1) is 0 Å². The highest BCUT2D eigenvalue weighted by Crippen LogP contribution is 2.56. The van der Waals surface area contributed by atoms with Crippen LogP contribution in [0.3, 0.4) is 0 Å². The lowest BCUT2D eigenvalue weighted by atomic mass is 9.72. The van der Waals surface area contributed by atoms with Gasteiger partial charge in [0.05, 0.1) is 5.56 Å². The van der Waals surface area contributed by atoms with E-state index in [1.807, 2.05) is 25.1 Å². The number of esters is 1. The van der Waals surface area contributed by atoms with E-state index in [4.69, 9.17) is 9.47 Å². The monoisotopic (exact) mass is 529 g/mol. The summed E-state index contributed by atoms with van der Waals surface area (Å²) < 4.78 is 13.3. The summed E-state index contributed by atoms with van der Waals surface area (Å²) in [5, 5.41) is 0. The van der Waals surface area contributed by atoms with E-state index < -0.39 is 5.60 Å². The van der Waals surface area contributed by atoms with E-state index in [9.17, 15) is 4.79 Å². The fraction of sp³-hybridized carbons (Fsp3) is 0.514. The van der Waals surface area contributed by atoms with Gasteiger partial charge < -0.3 is 14.4 Å². The van der Waals surface area contributed by atoms with Crippen LogP contribution in [-0.4, -0.2) is 19.1 Å². The van der Waals surface area contributed by atoms with Crippen molar-refractivity contribution in [3.05, 3.63) is 82.1 Å². The number of nitrogens with zero attached hydrogens (tertiary/aromatic N) is 1. The maximum absolute atomic E-state index is 13.5. The standard InChI is InChI=1S/C35H47NO3/c1-9-25(10-2)26(11-3)21-27(20-23(6)7)33-24(8)38-32-22-28(36(12-4)13-5)18-19-31(32)35(33)30-17-15-14-16-29(30)34(37)39-35/h14-19,21-23,25-26H,9-13,20H2,1-8H3. The zero-order valence-corrected chi connectivity index (χ0v) is 25.3. The molecule has 2 aromatic carbocycles. The van der Waals surface area contributed by atoms with Crippen LogP contribution in [0.1, 0.15) is 103 Å². The molecule has 1 spiro atoms. The predicted molar refractivity (Wildman–Crippen MR) is 161 cm³/mol. The van der Waals surface area contributed by atoms with Gasteiger partial charge in [-0.1, -0.05) is 71.7 Å². The van der Waals surface area contributed by atoms with Gasteiger partial charge in [-0.2, -0.15) is 0 Å². The molecule has 2 heterocycles. The van der Waals surface area contributed by atoms with Crippen molar-refractivity contribution in [3.8, 4) is 5.75 Å². The molecule has 0 saturated heterocycles. The van der Waals surface area contributed by atoms with Crippen molar-refractivity contribution >= 4 is 11.7 Å². The third-order valence-electron chi connectivity index (χ3n) is 8.70. The van der Waals surface area contributed by atoms with E-state index >= 15 is 0 Å². The third-order valence-corrected chi connectivity index (χ3v) is 8.70. The molecule has 0 N–H and O–H groups in total. The van der Waals surface area contributed by atoms with Crippen LogP contribution in [0.4, 0.5) is 5.69 Å². The molecule has 0 fully saturated rings. The second-order valence-electron chi connectivity index (χ2n) is 11.4. The summed E-state index contributed by atoms with van der Waals surface area (Å²) >= 11 is 0. The second-order valence-corrected chi connectivity index (χ2v) is 11.4. The van der Waals surface area contributed by atoms with E-state index in [-0.39, 0.29) is 5.97 Å². The third kappa shape index (κ3) is 5.15. The first kappa shape index (κ1) is 29.0. The van der Waals surface area contributed by atoms with Gasteiger partial charge in [0.1, 0.15) is 11.5 Å². The molecule has 2 unspecified atom stereocenters. The molecular formula is C35H47NO3. The minimum atomic E-state index is -1.03. The Labute approximate surface area is 236 Å². The Morgan fingerprint density at radius 3 is 2.26 bits per heavy atom. The van der Waals surface area contributed by atoms with Gasteiger partial charge >= 0.3 is 5.97 Å². The lowest BCUT2D eigenvalue weighted by Crippen LogP contribution is -2.37. The average molecular weight is 530 g/mol. The van der Waals surface area contributed by atoms with Crippen LogP contribution in [0.15, 0.2) is 65.4 Å². The zero-order chi connectivity index (χ0) is 28.3. The maximum Gasteiger partial charge on any atom is 0.340 e. The highest BCUT2D eigenvalue weighted by molar-refractivity contribution is 5.97. The number of hydrogen-bond donors (Lipinski definition) is 0. The fourth-order valence-electron chi connectivity index (χ4n) is 6.76. The van der Waals surface area contributed by atoms with Crippen LogP contribution in [0, 0.1) is 17.8 Å². The molecule has 2 aromatic rings. The first-order valence-corrected chi connectivity index (χ1v) is 15.1. The predicted octanol–water partition coefficient (Wildman–Crippen LogP) is 9.05. The number of fused-ring (bicyclic) bond motifs is 4. The smallest absolute Gasteiger partial charge is 0.340 e. The van der Waals surface area contributed by atoms with Crippen LogP contribution in [0.25, 0.3) is 0 Å². The molecule has 4 nitrogen and oxygen atoms in total. The Morgan fingerprint density at radius 2 is 1.64 bits per heavy atom. The van der Waals surface area contributed by atoms with Gasteiger partial charge in [0.15, 0.2) is 5.60 Å². The lowest BCUT2D eigenvalue weighted by Gasteiger charge is -2.40. The van der Waals surface area contributed by atoms with Crippen LogP contribution < -0.4 is 9.64 Å². The highest BCUT2D eigenvalue weighted by atomic mass is 16.6. The second kappa shape index (κ2) is 12.0. The van der Waals surface area contributed by atoms with E-state index in [1.54, 1.807) is 0 Å². The Morgan fingerprint density at radius 1 is 0.949 bits per heavy atom. The summed E-state index contributed by atoms with van der Waals surface area (Å²) in [5.74, 6) is 2.81. The van der Waals surface area contributed by atoms with Crippen molar-refractivity contribution in [2.24, 2.45) is 17.8 Å². The normalized spacial score (nSPS) is 19.3. The SMILES string of the molecule is CCC(C=C(CC(C)C)C1=C(C)Oc2cc(N(CC)CC)ccc2C12OC(=O)c1ccccc12)C(CC)CC. The number of benzene rings is 2.